The number of carbonyl (C=O) groups is 1. The van der Waals surface area contributed by atoms with Gasteiger partial charge in [0.15, 0.2) is 0 Å². The van der Waals surface area contributed by atoms with Gasteiger partial charge in [-0.05, 0) is 41.5 Å². The molecule has 0 spiro atoms. The second-order valence-corrected chi connectivity index (χ2v) is 9.20. The fraction of sp³-hybridized carbons (Fsp3) is 0.227. The van der Waals surface area contributed by atoms with Gasteiger partial charge in [0, 0.05) is 11.6 Å². The lowest BCUT2D eigenvalue weighted by atomic mass is 10.0. The second kappa shape index (κ2) is 8.93. The summed E-state index contributed by atoms with van der Waals surface area (Å²) in [5, 5.41) is 5.28. The van der Waals surface area contributed by atoms with Crippen LogP contribution in [-0.4, -0.2) is 33.7 Å². The van der Waals surface area contributed by atoms with Crippen LogP contribution in [0.3, 0.4) is 0 Å². The summed E-state index contributed by atoms with van der Waals surface area (Å²) >= 11 is 6.07. The van der Waals surface area contributed by atoms with E-state index in [2.05, 4.69) is 5.32 Å². The average molecular weight is 447 g/mol. The summed E-state index contributed by atoms with van der Waals surface area (Å²) in [4.78, 5) is 12.9. The molecule has 0 bridgehead atoms. The first-order valence-electron chi connectivity index (χ1n) is 9.29. The van der Waals surface area contributed by atoms with Crippen molar-refractivity contribution in [1.82, 2.24) is 5.32 Å². The van der Waals surface area contributed by atoms with E-state index in [4.69, 9.17) is 16.3 Å². The molecule has 0 radical (unpaired) electrons. The minimum absolute atomic E-state index is 0.209. The molecule has 3 aromatic carbocycles. The number of methoxy groups -OCH3 is 1. The Hall–Kier alpha value is -2.77. The van der Waals surface area contributed by atoms with E-state index in [1.165, 1.54) is 20.1 Å². The number of hydrogen-bond acceptors (Lipinski definition) is 4. The number of sulfonamides is 1. The number of amides is 1. The number of halogens is 1. The predicted octanol–water partition coefficient (Wildman–Crippen LogP) is 3.97. The maximum Gasteiger partial charge on any atom is 0.243 e. The molecule has 158 valence electrons. The Balaban J connectivity index is 1.87. The van der Waals surface area contributed by atoms with Crippen LogP contribution in [-0.2, 0) is 21.4 Å². The largest absolute Gasteiger partial charge is 0.495 e. The summed E-state index contributed by atoms with van der Waals surface area (Å²) in [6, 6.07) is 17.3. The van der Waals surface area contributed by atoms with Crippen molar-refractivity contribution in [1.29, 1.82) is 0 Å². The van der Waals surface area contributed by atoms with E-state index in [0.717, 1.165) is 26.9 Å². The quantitative estimate of drug-likeness (QED) is 0.595. The highest BCUT2D eigenvalue weighted by atomic mass is 35.5. The molecule has 0 saturated carbocycles. The van der Waals surface area contributed by atoms with Gasteiger partial charge in [-0.15, -0.1) is 0 Å². The van der Waals surface area contributed by atoms with E-state index < -0.39 is 22.0 Å². The number of benzene rings is 3. The molecule has 1 amide bonds. The third-order valence-electron chi connectivity index (χ3n) is 4.80. The first kappa shape index (κ1) is 21.9. The van der Waals surface area contributed by atoms with Crippen LogP contribution in [0, 0.1) is 0 Å². The number of rotatable bonds is 7. The Morgan fingerprint density at radius 2 is 1.83 bits per heavy atom. The molecule has 30 heavy (non-hydrogen) atoms. The Labute approximate surface area is 181 Å². The molecule has 0 heterocycles. The first-order valence-corrected chi connectivity index (χ1v) is 11.5. The average Bonchev–Trinajstić information content (AvgIpc) is 2.71. The topological polar surface area (TPSA) is 75.7 Å². The zero-order valence-electron chi connectivity index (χ0n) is 16.9. The normalized spacial score (nSPS) is 12.4. The van der Waals surface area contributed by atoms with Gasteiger partial charge in [-0.25, -0.2) is 8.42 Å². The maximum atomic E-state index is 12.9. The summed E-state index contributed by atoms with van der Waals surface area (Å²) in [7, 11) is -2.37. The van der Waals surface area contributed by atoms with Crippen molar-refractivity contribution < 1.29 is 17.9 Å². The van der Waals surface area contributed by atoms with Gasteiger partial charge >= 0.3 is 0 Å². The molecule has 0 aromatic heterocycles. The van der Waals surface area contributed by atoms with Crippen molar-refractivity contribution >= 4 is 44.0 Å². The molecule has 0 fully saturated rings. The van der Waals surface area contributed by atoms with Crippen LogP contribution in [0.15, 0.2) is 60.7 Å². The van der Waals surface area contributed by atoms with Crippen molar-refractivity contribution in [2.24, 2.45) is 0 Å². The Bertz CT molecular complexity index is 1180. The number of hydrogen-bond donors (Lipinski definition) is 1. The van der Waals surface area contributed by atoms with Crippen LogP contribution in [0.5, 0.6) is 5.75 Å². The van der Waals surface area contributed by atoms with E-state index >= 15 is 0 Å². The number of carbonyl (C=O) groups excluding carboxylic acids is 1. The predicted molar refractivity (Wildman–Crippen MR) is 121 cm³/mol. The zero-order chi connectivity index (χ0) is 21.9. The summed E-state index contributed by atoms with van der Waals surface area (Å²) in [5.41, 5.74) is 1.15. The van der Waals surface area contributed by atoms with E-state index in [-0.39, 0.29) is 12.2 Å². The zero-order valence-corrected chi connectivity index (χ0v) is 18.5. The lowest BCUT2D eigenvalue weighted by Crippen LogP contribution is -2.47. The van der Waals surface area contributed by atoms with Crippen LogP contribution in [0.25, 0.3) is 10.8 Å². The van der Waals surface area contributed by atoms with Crippen LogP contribution in [0.2, 0.25) is 5.02 Å². The Morgan fingerprint density at radius 1 is 1.13 bits per heavy atom. The summed E-state index contributed by atoms with van der Waals surface area (Å²) in [6.07, 6.45) is 1.04. The molecule has 8 heteroatoms. The highest BCUT2D eigenvalue weighted by molar-refractivity contribution is 7.92. The maximum absolute atomic E-state index is 12.9. The second-order valence-electron chi connectivity index (χ2n) is 6.91. The van der Waals surface area contributed by atoms with Gasteiger partial charge in [-0.2, -0.15) is 0 Å². The molecule has 0 aliphatic rings. The van der Waals surface area contributed by atoms with Crippen LogP contribution in [0.4, 0.5) is 5.69 Å². The van der Waals surface area contributed by atoms with Crippen LogP contribution >= 0.6 is 11.6 Å². The van der Waals surface area contributed by atoms with Crippen molar-refractivity contribution in [2.45, 2.75) is 19.5 Å². The van der Waals surface area contributed by atoms with Crippen molar-refractivity contribution in [3.8, 4) is 5.75 Å². The Morgan fingerprint density at radius 3 is 2.53 bits per heavy atom. The molecular formula is C22H23ClN2O4S. The van der Waals surface area contributed by atoms with E-state index in [9.17, 15) is 13.2 Å². The number of ether oxygens (including phenoxy) is 1. The molecule has 0 aliphatic heterocycles. The van der Waals surface area contributed by atoms with Gasteiger partial charge in [0.2, 0.25) is 15.9 Å². The molecular weight excluding hydrogens is 424 g/mol. The van der Waals surface area contributed by atoms with Gasteiger partial charge in [0.1, 0.15) is 11.8 Å². The summed E-state index contributed by atoms with van der Waals surface area (Å²) in [6.45, 7) is 1.80. The lowest BCUT2D eigenvalue weighted by Gasteiger charge is -2.29. The number of nitrogens with one attached hydrogen (secondary N) is 1. The summed E-state index contributed by atoms with van der Waals surface area (Å²) in [5.74, 6) is -0.131. The SMILES string of the molecule is COc1ccc(Cl)cc1N([C@H](C)C(=O)NCc1cccc2ccccc12)S(C)(=O)=O. The highest BCUT2D eigenvalue weighted by Gasteiger charge is 2.31. The van der Waals surface area contributed by atoms with Gasteiger partial charge in [-0.3, -0.25) is 9.10 Å². The number of anilines is 1. The highest BCUT2D eigenvalue weighted by Crippen LogP contribution is 2.34. The fourth-order valence-electron chi connectivity index (χ4n) is 3.39. The summed E-state index contributed by atoms with van der Waals surface area (Å²) < 4.78 is 31.4. The van der Waals surface area contributed by atoms with Crippen molar-refractivity contribution in [3.63, 3.8) is 0 Å². The van der Waals surface area contributed by atoms with Crippen LogP contribution < -0.4 is 14.4 Å². The van der Waals surface area contributed by atoms with Crippen molar-refractivity contribution in [2.75, 3.05) is 17.7 Å². The van der Waals surface area contributed by atoms with Crippen molar-refractivity contribution in [3.05, 3.63) is 71.2 Å². The fourth-order valence-corrected chi connectivity index (χ4v) is 4.73. The van der Waals surface area contributed by atoms with E-state index in [0.29, 0.717) is 10.8 Å². The molecule has 0 unspecified atom stereocenters. The first-order chi connectivity index (χ1) is 14.2. The molecule has 3 rings (SSSR count). The molecule has 6 nitrogen and oxygen atoms in total. The molecule has 1 atom stereocenters. The number of fused-ring (bicyclic) bond motifs is 1. The minimum atomic E-state index is -3.80. The number of nitrogens with zero attached hydrogens (tertiary/aromatic N) is 1. The Kier molecular flexibility index (Phi) is 6.53. The third-order valence-corrected chi connectivity index (χ3v) is 6.26. The van der Waals surface area contributed by atoms with Crippen LogP contribution in [0.1, 0.15) is 12.5 Å². The smallest absolute Gasteiger partial charge is 0.243 e. The molecule has 3 aromatic rings. The molecule has 1 N–H and O–H groups in total. The molecule has 0 aliphatic carbocycles. The van der Waals surface area contributed by atoms with Gasteiger partial charge in [-0.1, -0.05) is 54.1 Å². The monoisotopic (exact) mass is 446 g/mol. The minimum Gasteiger partial charge on any atom is -0.495 e. The van der Waals surface area contributed by atoms with Gasteiger partial charge in [0.25, 0.3) is 0 Å². The van der Waals surface area contributed by atoms with E-state index in [1.807, 2.05) is 42.5 Å². The standard InChI is InChI=1S/C22H23ClN2O4S/c1-15(25(30(3,27)28)20-13-18(23)11-12-21(20)29-2)22(26)24-14-17-9-6-8-16-7-4-5-10-19(16)17/h4-13,15H,14H2,1-3H3,(H,24,26)/t15-/m1/s1. The molecule has 0 saturated heterocycles. The van der Waals surface area contributed by atoms with Gasteiger partial charge in [0.05, 0.1) is 19.1 Å². The van der Waals surface area contributed by atoms with E-state index in [1.54, 1.807) is 12.1 Å². The third kappa shape index (κ3) is 4.68. The van der Waals surface area contributed by atoms with Gasteiger partial charge < -0.3 is 10.1 Å². The lowest BCUT2D eigenvalue weighted by molar-refractivity contribution is -0.122.